The van der Waals surface area contributed by atoms with Crippen LogP contribution in [0.2, 0.25) is 0 Å². The van der Waals surface area contributed by atoms with Crippen LogP contribution in [0.4, 0.5) is 5.00 Å². The van der Waals surface area contributed by atoms with Crippen molar-refractivity contribution in [1.29, 1.82) is 0 Å². The Morgan fingerprint density at radius 2 is 2.31 bits per heavy atom. The van der Waals surface area contributed by atoms with Gasteiger partial charge >= 0.3 is 5.97 Å². The molecule has 82 valence electrons. The SMILES string of the molecule is Cc1cccc(OC(=O)c2ncsc2N)c1. The fraction of sp³-hybridized carbons (Fsp3) is 0.0909. The first-order chi connectivity index (χ1) is 7.66. The number of carbonyl (C=O) groups is 1. The average Bonchev–Trinajstić information content (AvgIpc) is 2.64. The van der Waals surface area contributed by atoms with Crippen LogP contribution >= 0.6 is 11.3 Å². The van der Waals surface area contributed by atoms with E-state index in [1.165, 1.54) is 16.8 Å². The number of esters is 1. The Hall–Kier alpha value is -1.88. The summed E-state index contributed by atoms with van der Waals surface area (Å²) in [6.45, 7) is 1.93. The van der Waals surface area contributed by atoms with Gasteiger partial charge in [0.1, 0.15) is 10.8 Å². The number of benzene rings is 1. The van der Waals surface area contributed by atoms with E-state index in [0.717, 1.165) is 5.56 Å². The van der Waals surface area contributed by atoms with Gasteiger partial charge in [-0.2, -0.15) is 0 Å². The molecular formula is C11H10N2O2S. The van der Waals surface area contributed by atoms with Gasteiger partial charge in [0.15, 0.2) is 5.69 Å². The highest BCUT2D eigenvalue weighted by molar-refractivity contribution is 7.14. The van der Waals surface area contributed by atoms with Gasteiger partial charge < -0.3 is 10.5 Å². The van der Waals surface area contributed by atoms with E-state index in [-0.39, 0.29) is 5.69 Å². The molecule has 0 spiro atoms. The zero-order chi connectivity index (χ0) is 11.5. The first kappa shape index (κ1) is 10.6. The number of hydrogen-bond donors (Lipinski definition) is 1. The fourth-order valence-corrected chi connectivity index (χ4v) is 1.76. The molecule has 0 aliphatic rings. The highest BCUT2D eigenvalue weighted by Crippen LogP contribution is 2.19. The van der Waals surface area contributed by atoms with Crippen molar-refractivity contribution in [2.45, 2.75) is 6.92 Å². The lowest BCUT2D eigenvalue weighted by Gasteiger charge is -2.03. The van der Waals surface area contributed by atoms with Crippen LogP contribution in [0.1, 0.15) is 16.1 Å². The predicted octanol–water partition coefficient (Wildman–Crippen LogP) is 2.25. The number of ether oxygens (including phenoxy) is 1. The second-order valence-electron chi connectivity index (χ2n) is 3.27. The van der Waals surface area contributed by atoms with Crippen LogP contribution in [0.15, 0.2) is 29.8 Å². The molecule has 4 nitrogen and oxygen atoms in total. The molecule has 0 aliphatic heterocycles. The maximum atomic E-state index is 11.6. The van der Waals surface area contributed by atoms with Gasteiger partial charge in [0.2, 0.25) is 0 Å². The van der Waals surface area contributed by atoms with E-state index in [1.54, 1.807) is 12.1 Å². The van der Waals surface area contributed by atoms with E-state index < -0.39 is 5.97 Å². The Kier molecular flexibility index (Phi) is 2.87. The molecule has 0 atom stereocenters. The molecule has 2 rings (SSSR count). The summed E-state index contributed by atoms with van der Waals surface area (Å²) in [6, 6.07) is 7.24. The van der Waals surface area contributed by atoms with E-state index in [0.29, 0.717) is 10.8 Å². The van der Waals surface area contributed by atoms with E-state index in [1.807, 2.05) is 19.1 Å². The highest BCUT2D eigenvalue weighted by Gasteiger charge is 2.15. The largest absolute Gasteiger partial charge is 0.422 e. The Balaban J connectivity index is 2.17. The standard InChI is InChI=1S/C11H10N2O2S/c1-7-3-2-4-8(5-7)15-11(14)9-10(12)16-6-13-9/h2-6H,12H2,1H3. The monoisotopic (exact) mass is 234 g/mol. The van der Waals surface area contributed by atoms with Gasteiger partial charge in [-0.1, -0.05) is 12.1 Å². The second kappa shape index (κ2) is 4.32. The summed E-state index contributed by atoms with van der Waals surface area (Å²) in [4.78, 5) is 15.5. The van der Waals surface area contributed by atoms with Crippen LogP contribution in [0.25, 0.3) is 0 Å². The molecule has 0 saturated heterocycles. The van der Waals surface area contributed by atoms with Crippen LogP contribution < -0.4 is 10.5 Å². The third kappa shape index (κ3) is 2.20. The van der Waals surface area contributed by atoms with Crippen molar-refractivity contribution in [2.24, 2.45) is 0 Å². The van der Waals surface area contributed by atoms with Gasteiger partial charge in [-0.15, -0.1) is 11.3 Å². The number of anilines is 1. The van der Waals surface area contributed by atoms with Gasteiger partial charge in [-0.05, 0) is 24.6 Å². The van der Waals surface area contributed by atoms with Crippen LogP contribution in [-0.4, -0.2) is 11.0 Å². The normalized spacial score (nSPS) is 10.1. The molecule has 0 fully saturated rings. The summed E-state index contributed by atoms with van der Waals surface area (Å²) in [6.07, 6.45) is 0. The quantitative estimate of drug-likeness (QED) is 0.639. The molecule has 16 heavy (non-hydrogen) atoms. The average molecular weight is 234 g/mol. The predicted molar refractivity (Wildman–Crippen MR) is 62.7 cm³/mol. The minimum absolute atomic E-state index is 0.173. The Labute approximate surface area is 96.7 Å². The minimum atomic E-state index is -0.524. The van der Waals surface area contributed by atoms with Crippen molar-refractivity contribution in [3.05, 3.63) is 41.0 Å². The van der Waals surface area contributed by atoms with E-state index in [9.17, 15) is 4.79 Å². The Morgan fingerprint density at radius 3 is 2.94 bits per heavy atom. The summed E-state index contributed by atoms with van der Waals surface area (Å²) in [7, 11) is 0. The molecule has 0 unspecified atom stereocenters. The van der Waals surface area contributed by atoms with E-state index in [4.69, 9.17) is 10.5 Å². The number of rotatable bonds is 2. The second-order valence-corrected chi connectivity index (χ2v) is 4.16. The Bertz CT molecular complexity index is 522. The van der Waals surface area contributed by atoms with E-state index in [2.05, 4.69) is 4.98 Å². The van der Waals surface area contributed by atoms with Crippen molar-refractivity contribution in [1.82, 2.24) is 4.98 Å². The number of aromatic nitrogens is 1. The molecule has 5 heteroatoms. The lowest BCUT2D eigenvalue weighted by Crippen LogP contribution is -2.10. The van der Waals surface area contributed by atoms with Crippen LogP contribution in [0.3, 0.4) is 0 Å². The number of nitrogens with two attached hydrogens (primary N) is 1. The molecule has 0 aliphatic carbocycles. The van der Waals surface area contributed by atoms with Crippen molar-refractivity contribution in [3.63, 3.8) is 0 Å². The molecule has 0 amide bonds. The molecule has 0 bridgehead atoms. The number of hydrogen-bond acceptors (Lipinski definition) is 5. The van der Waals surface area contributed by atoms with E-state index >= 15 is 0 Å². The van der Waals surface area contributed by atoms with Crippen molar-refractivity contribution in [2.75, 3.05) is 5.73 Å². The summed E-state index contributed by atoms with van der Waals surface area (Å²) >= 11 is 1.21. The van der Waals surface area contributed by atoms with Gasteiger partial charge in [0.05, 0.1) is 5.51 Å². The van der Waals surface area contributed by atoms with Gasteiger partial charge in [0, 0.05) is 0 Å². The summed E-state index contributed by atoms with van der Waals surface area (Å²) in [5.41, 5.74) is 8.29. The minimum Gasteiger partial charge on any atom is -0.422 e. The first-order valence-corrected chi connectivity index (χ1v) is 5.52. The van der Waals surface area contributed by atoms with Gasteiger partial charge in [-0.3, -0.25) is 0 Å². The van der Waals surface area contributed by atoms with Crippen LogP contribution in [0, 0.1) is 6.92 Å². The number of thiazole rings is 1. The van der Waals surface area contributed by atoms with Crippen LogP contribution in [0.5, 0.6) is 5.75 Å². The smallest absolute Gasteiger partial charge is 0.365 e. The zero-order valence-corrected chi connectivity index (χ0v) is 9.45. The molecule has 2 N–H and O–H groups in total. The molecule has 2 aromatic rings. The van der Waals surface area contributed by atoms with Crippen molar-refractivity contribution in [3.8, 4) is 5.75 Å². The third-order valence-corrected chi connectivity index (χ3v) is 2.65. The van der Waals surface area contributed by atoms with Crippen LogP contribution in [-0.2, 0) is 0 Å². The molecule has 1 heterocycles. The zero-order valence-electron chi connectivity index (χ0n) is 8.64. The third-order valence-electron chi connectivity index (χ3n) is 1.99. The Morgan fingerprint density at radius 1 is 1.50 bits per heavy atom. The first-order valence-electron chi connectivity index (χ1n) is 4.64. The molecule has 0 saturated carbocycles. The topological polar surface area (TPSA) is 65.2 Å². The lowest BCUT2D eigenvalue weighted by atomic mass is 10.2. The van der Waals surface area contributed by atoms with Crippen molar-refractivity contribution >= 4 is 22.3 Å². The summed E-state index contributed by atoms with van der Waals surface area (Å²) < 4.78 is 5.15. The highest BCUT2D eigenvalue weighted by atomic mass is 32.1. The summed E-state index contributed by atoms with van der Waals surface area (Å²) in [5, 5.41) is 0.373. The number of aryl methyl sites for hydroxylation is 1. The van der Waals surface area contributed by atoms with Gasteiger partial charge in [-0.25, -0.2) is 9.78 Å². The number of carbonyl (C=O) groups excluding carboxylic acids is 1. The molecular weight excluding hydrogens is 224 g/mol. The maximum Gasteiger partial charge on any atom is 0.365 e. The molecule has 1 aromatic carbocycles. The number of nitrogens with zero attached hydrogens (tertiary/aromatic N) is 1. The number of nitrogen functional groups attached to an aromatic ring is 1. The molecule has 1 aromatic heterocycles. The fourth-order valence-electron chi connectivity index (χ4n) is 1.24. The van der Waals surface area contributed by atoms with Crippen molar-refractivity contribution < 1.29 is 9.53 Å². The lowest BCUT2D eigenvalue weighted by molar-refractivity contribution is 0.0730. The molecule has 0 radical (unpaired) electrons. The maximum absolute atomic E-state index is 11.6. The summed E-state index contributed by atoms with van der Waals surface area (Å²) in [5.74, 6) is -0.0262. The van der Waals surface area contributed by atoms with Gasteiger partial charge in [0.25, 0.3) is 0 Å².